The maximum Gasteiger partial charge on any atom is 0.420 e. The number of aromatic nitrogens is 3. The number of hydrogen-bond donors (Lipinski definition) is 1. The van der Waals surface area contributed by atoms with E-state index < -0.39 is 5.76 Å². The number of oxazole rings is 1. The lowest BCUT2D eigenvalue weighted by molar-refractivity contribution is 0.0954. The first-order chi connectivity index (χ1) is 18.1. The number of rotatable bonds is 8. The van der Waals surface area contributed by atoms with Crippen molar-refractivity contribution in [3.63, 3.8) is 0 Å². The summed E-state index contributed by atoms with van der Waals surface area (Å²) in [5.74, 6) is 0.00570. The molecule has 9 nitrogen and oxygen atoms in total. The molecule has 5 rings (SSSR count). The fourth-order valence-corrected chi connectivity index (χ4v) is 4.64. The monoisotopic (exact) mass is 500 g/mol. The molecule has 0 aliphatic carbocycles. The molecular weight excluding hydrogens is 468 g/mol. The van der Waals surface area contributed by atoms with Gasteiger partial charge in [-0.1, -0.05) is 32.0 Å². The molecule has 0 saturated carbocycles. The third-order valence-corrected chi connectivity index (χ3v) is 6.81. The van der Waals surface area contributed by atoms with Crippen LogP contribution in [0, 0.1) is 0 Å². The maximum atomic E-state index is 12.6. The van der Waals surface area contributed by atoms with Crippen molar-refractivity contribution >= 4 is 22.7 Å². The summed E-state index contributed by atoms with van der Waals surface area (Å²) in [6, 6.07) is 12.9. The summed E-state index contributed by atoms with van der Waals surface area (Å²) in [6.45, 7) is 10.2. The van der Waals surface area contributed by atoms with E-state index in [1.165, 1.54) is 0 Å². The van der Waals surface area contributed by atoms with Crippen LogP contribution in [-0.4, -0.2) is 64.6 Å². The highest BCUT2D eigenvalue weighted by atomic mass is 16.4. The molecule has 0 spiro atoms. The minimum Gasteiger partial charge on any atom is -0.408 e. The highest BCUT2D eigenvalue weighted by Crippen LogP contribution is 2.22. The predicted octanol–water partition coefficient (Wildman–Crippen LogP) is 3.38. The van der Waals surface area contributed by atoms with Gasteiger partial charge >= 0.3 is 5.76 Å². The summed E-state index contributed by atoms with van der Waals surface area (Å²) in [6.07, 6.45) is 4.62. The van der Waals surface area contributed by atoms with E-state index in [0.717, 1.165) is 56.0 Å². The van der Waals surface area contributed by atoms with Crippen molar-refractivity contribution in [3.05, 3.63) is 76.5 Å². The topological polar surface area (TPSA) is 96.5 Å². The highest BCUT2D eigenvalue weighted by Gasteiger charge is 2.17. The van der Waals surface area contributed by atoms with Crippen LogP contribution in [0.2, 0.25) is 0 Å². The molecule has 0 radical (unpaired) electrons. The quantitative estimate of drug-likeness (QED) is 0.396. The van der Waals surface area contributed by atoms with Crippen molar-refractivity contribution in [2.75, 3.05) is 44.2 Å². The van der Waals surface area contributed by atoms with Gasteiger partial charge in [0.05, 0.1) is 30.1 Å². The summed E-state index contributed by atoms with van der Waals surface area (Å²) in [4.78, 5) is 39.1. The molecule has 1 saturated heterocycles. The van der Waals surface area contributed by atoms with Gasteiger partial charge in [-0.2, -0.15) is 0 Å². The molecule has 2 aromatic carbocycles. The van der Waals surface area contributed by atoms with Gasteiger partial charge in [0.25, 0.3) is 5.91 Å². The zero-order valence-corrected chi connectivity index (χ0v) is 21.3. The number of carbonyl (C=O) groups excluding carboxylic acids is 1. The minimum absolute atomic E-state index is 0.168. The molecule has 192 valence electrons. The van der Waals surface area contributed by atoms with Crippen molar-refractivity contribution in [1.82, 2.24) is 24.8 Å². The number of anilines is 1. The van der Waals surface area contributed by atoms with Crippen molar-refractivity contribution in [1.29, 1.82) is 0 Å². The Kier molecular flexibility index (Phi) is 7.32. The number of piperazine rings is 1. The SMILES string of the molecule is CCCNC(=O)c1ccc2oc(=O)n(Cc3cccc(-c4ncc(N5CCN(CC)CC5)cn4)c3)c2c1. The van der Waals surface area contributed by atoms with Crippen LogP contribution in [0.4, 0.5) is 5.69 Å². The largest absolute Gasteiger partial charge is 0.420 e. The van der Waals surface area contributed by atoms with Crippen LogP contribution < -0.4 is 16.0 Å². The summed E-state index contributed by atoms with van der Waals surface area (Å²) < 4.78 is 6.98. The first-order valence-electron chi connectivity index (χ1n) is 12.9. The summed E-state index contributed by atoms with van der Waals surface area (Å²) >= 11 is 0. The Balaban J connectivity index is 1.35. The molecule has 1 aliphatic heterocycles. The summed E-state index contributed by atoms with van der Waals surface area (Å²) in [7, 11) is 0. The number of nitrogens with zero attached hydrogens (tertiary/aromatic N) is 5. The lowest BCUT2D eigenvalue weighted by Gasteiger charge is -2.35. The first-order valence-corrected chi connectivity index (χ1v) is 12.9. The third-order valence-electron chi connectivity index (χ3n) is 6.81. The average molecular weight is 501 g/mol. The molecule has 0 atom stereocenters. The van der Waals surface area contributed by atoms with Crippen LogP contribution in [0.25, 0.3) is 22.5 Å². The first kappa shape index (κ1) is 24.7. The molecule has 1 aliphatic rings. The van der Waals surface area contributed by atoms with Gasteiger partial charge in [0.15, 0.2) is 11.4 Å². The number of carbonyl (C=O) groups is 1. The molecule has 1 fully saturated rings. The smallest absolute Gasteiger partial charge is 0.408 e. The van der Waals surface area contributed by atoms with E-state index in [2.05, 4.69) is 32.0 Å². The molecule has 0 unspecified atom stereocenters. The Hall–Kier alpha value is -3.98. The van der Waals surface area contributed by atoms with E-state index in [0.29, 0.717) is 35.6 Å². The Morgan fingerprint density at radius 2 is 1.81 bits per heavy atom. The third kappa shape index (κ3) is 5.41. The summed E-state index contributed by atoms with van der Waals surface area (Å²) in [5.41, 5.74) is 4.35. The van der Waals surface area contributed by atoms with E-state index in [9.17, 15) is 9.59 Å². The maximum absolute atomic E-state index is 12.6. The summed E-state index contributed by atoms with van der Waals surface area (Å²) in [5, 5.41) is 2.87. The van der Waals surface area contributed by atoms with Gasteiger partial charge < -0.3 is 19.5 Å². The lowest BCUT2D eigenvalue weighted by Crippen LogP contribution is -2.46. The van der Waals surface area contributed by atoms with Crippen molar-refractivity contribution in [3.8, 4) is 11.4 Å². The second-order valence-corrected chi connectivity index (χ2v) is 9.28. The molecule has 4 aromatic rings. The van der Waals surface area contributed by atoms with Crippen molar-refractivity contribution in [2.45, 2.75) is 26.8 Å². The van der Waals surface area contributed by atoms with Gasteiger partial charge in [-0.3, -0.25) is 9.36 Å². The molecule has 0 bridgehead atoms. The Morgan fingerprint density at radius 1 is 1.03 bits per heavy atom. The van der Waals surface area contributed by atoms with Crippen molar-refractivity contribution in [2.24, 2.45) is 0 Å². The van der Waals surface area contributed by atoms with Gasteiger partial charge in [-0.25, -0.2) is 14.8 Å². The van der Waals surface area contributed by atoms with Crippen LogP contribution >= 0.6 is 0 Å². The highest BCUT2D eigenvalue weighted by molar-refractivity contribution is 5.97. The van der Waals surface area contributed by atoms with E-state index in [-0.39, 0.29) is 5.91 Å². The molecular formula is C28H32N6O3. The molecule has 2 aromatic heterocycles. The zero-order valence-electron chi connectivity index (χ0n) is 21.3. The standard InChI is InChI=1S/C28H32N6O3/c1-3-10-29-27(35)22-8-9-25-24(16-22)34(28(36)37-25)19-20-6-5-7-21(15-20)26-30-17-23(18-31-26)33-13-11-32(4-2)12-14-33/h5-9,15-18H,3-4,10-14,19H2,1-2H3,(H,29,35). The van der Waals surface area contributed by atoms with Gasteiger partial charge in [-0.15, -0.1) is 0 Å². The minimum atomic E-state index is -0.463. The number of fused-ring (bicyclic) bond motifs is 1. The van der Waals surface area contributed by atoms with E-state index in [1.54, 1.807) is 22.8 Å². The second kappa shape index (κ2) is 11.0. The second-order valence-electron chi connectivity index (χ2n) is 9.28. The number of nitrogens with one attached hydrogen (secondary N) is 1. The molecule has 37 heavy (non-hydrogen) atoms. The van der Waals surface area contributed by atoms with E-state index in [4.69, 9.17) is 4.42 Å². The predicted molar refractivity (Wildman–Crippen MR) is 144 cm³/mol. The number of likely N-dealkylation sites (N-methyl/N-ethyl adjacent to an activating group) is 1. The molecule has 1 amide bonds. The Labute approximate surface area is 215 Å². The number of hydrogen-bond acceptors (Lipinski definition) is 7. The van der Waals surface area contributed by atoms with Crippen LogP contribution in [0.5, 0.6) is 0 Å². The fraction of sp³-hybridized carbons (Fsp3) is 0.357. The van der Waals surface area contributed by atoms with Crippen LogP contribution in [0.3, 0.4) is 0 Å². The number of amides is 1. The fourth-order valence-electron chi connectivity index (χ4n) is 4.64. The number of benzene rings is 2. The Bertz CT molecular complexity index is 1430. The average Bonchev–Trinajstić information content (AvgIpc) is 3.25. The zero-order chi connectivity index (χ0) is 25.8. The van der Waals surface area contributed by atoms with Crippen LogP contribution in [0.15, 0.2) is 64.1 Å². The van der Waals surface area contributed by atoms with Crippen LogP contribution in [0.1, 0.15) is 36.2 Å². The Morgan fingerprint density at radius 3 is 2.54 bits per heavy atom. The normalized spacial score (nSPS) is 14.3. The van der Waals surface area contributed by atoms with Gasteiger partial charge in [-0.05, 0) is 42.8 Å². The lowest BCUT2D eigenvalue weighted by atomic mass is 10.1. The van der Waals surface area contributed by atoms with Gasteiger partial charge in [0.1, 0.15) is 0 Å². The van der Waals surface area contributed by atoms with E-state index in [1.807, 2.05) is 43.6 Å². The van der Waals surface area contributed by atoms with Crippen LogP contribution in [-0.2, 0) is 6.54 Å². The molecule has 1 N–H and O–H groups in total. The molecule has 9 heteroatoms. The van der Waals surface area contributed by atoms with Crippen molar-refractivity contribution < 1.29 is 9.21 Å². The van der Waals surface area contributed by atoms with Gasteiger partial charge in [0, 0.05) is 43.9 Å². The van der Waals surface area contributed by atoms with Gasteiger partial charge in [0.2, 0.25) is 0 Å². The van der Waals surface area contributed by atoms with E-state index >= 15 is 0 Å². The molecule has 3 heterocycles.